The number of carbonyl (C=O) groups is 6. The molecule has 1 aliphatic heterocycles. The van der Waals surface area contributed by atoms with Crippen molar-refractivity contribution in [1.82, 2.24) is 15.1 Å². The number of nitrogens with two attached hydrogens (primary N) is 1. The van der Waals surface area contributed by atoms with Crippen LogP contribution in [0.1, 0.15) is 75.1 Å². The average Bonchev–Trinajstić information content (AvgIpc) is 3.33. The quantitative estimate of drug-likeness (QED) is 0.157. The Bertz CT molecular complexity index is 1900. The molecule has 2 atom stereocenters. The molecule has 5 N–H and O–H groups in total. The van der Waals surface area contributed by atoms with Gasteiger partial charge in [0.15, 0.2) is 11.5 Å². The number of urea groups is 2. The molecule has 5 rings (SSSR count). The lowest BCUT2D eigenvalue weighted by Gasteiger charge is -2.37. The Morgan fingerprint density at radius 1 is 0.889 bits per heavy atom. The van der Waals surface area contributed by atoms with E-state index in [-0.39, 0.29) is 56.8 Å². The number of anilines is 2. The first-order valence-electron chi connectivity index (χ1n) is 18.0. The number of amides is 7. The maximum absolute atomic E-state index is 14.6. The highest BCUT2D eigenvalue weighted by Gasteiger charge is 2.60. The fraction of sp³-hybridized carbons (Fsp3) is 0.400. The normalized spacial score (nSPS) is 16.3. The van der Waals surface area contributed by atoms with E-state index in [0.29, 0.717) is 34.0 Å². The number of hydrogen-bond donors (Lipinski definition) is 4. The lowest BCUT2D eigenvalue weighted by atomic mass is 9.79. The SMILES string of the molecule is COc1ccc(C(CC(N)=O)NC(=O)[C@H](CC(C)C)N2C(=O)N(Cc3ccc(NC(=O)Nc4ccccc4C)cc3)C3(CCC(=O)CC3)C2=O)cc1OC. The number of carbonyl (C=O) groups excluding carboxylic acids is 6. The molecule has 2 aliphatic rings. The molecule has 14 heteroatoms. The molecule has 0 bridgehead atoms. The fourth-order valence-electron chi connectivity index (χ4n) is 7.10. The molecule has 286 valence electrons. The summed E-state index contributed by atoms with van der Waals surface area (Å²) in [5.41, 5.74) is 7.57. The molecular weight excluding hydrogens is 692 g/mol. The number of nitrogens with one attached hydrogen (secondary N) is 3. The third-order valence-corrected chi connectivity index (χ3v) is 9.99. The van der Waals surface area contributed by atoms with Gasteiger partial charge in [-0.3, -0.25) is 19.2 Å². The third kappa shape index (κ3) is 8.64. The predicted molar refractivity (Wildman–Crippen MR) is 202 cm³/mol. The number of methoxy groups -OCH3 is 2. The van der Waals surface area contributed by atoms with E-state index in [2.05, 4.69) is 16.0 Å². The van der Waals surface area contributed by atoms with Crippen LogP contribution in [0.5, 0.6) is 11.5 Å². The molecule has 2 fully saturated rings. The van der Waals surface area contributed by atoms with Gasteiger partial charge in [0.05, 0.1) is 26.7 Å². The molecule has 0 radical (unpaired) electrons. The number of primary amides is 1. The molecule has 3 aromatic carbocycles. The van der Waals surface area contributed by atoms with Gasteiger partial charge in [-0.1, -0.05) is 50.2 Å². The molecule has 1 saturated carbocycles. The predicted octanol–water partition coefficient (Wildman–Crippen LogP) is 5.45. The van der Waals surface area contributed by atoms with Crippen LogP contribution in [0.3, 0.4) is 0 Å². The van der Waals surface area contributed by atoms with Gasteiger partial charge in [-0.2, -0.15) is 0 Å². The first-order valence-corrected chi connectivity index (χ1v) is 18.0. The lowest BCUT2D eigenvalue weighted by molar-refractivity contribution is -0.142. The van der Waals surface area contributed by atoms with Crippen molar-refractivity contribution < 1.29 is 38.2 Å². The van der Waals surface area contributed by atoms with Crippen LogP contribution in [0.4, 0.5) is 21.0 Å². The number of imide groups is 1. The summed E-state index contributed by atoms with van der Waals surface area (Å²) in [6, 6.07) is 16.1. The van der Waals surface area contributed by atoms with Crippen molar-refractivity contribution in [3.63, 3.8) is 0 Å². The third-order valence-electron chi connectivity index (χ3n) is 9.99. The zero-order valence-corrected chi connectivity index (χ0v) is 31.3. The monoisotopic (exact) mass is 740 g/mol. The Kier molecular flexibility index (Phi) is 12.2. The molecular formula is C40H48N6O8. The summed E-state index contributed by atoms with van der Waals surface area (Å²) in [5, 5.41) is 8.51. The second kappa shape index (κ2) is 16.8. The number of Topliss-reactive ketones (excluding diaryl/α,β-unsaturated/α-hetero) is 1. The van der Waals surface area contributed by atoms with Crippen molar-refractivity contribution in [2.75, 3.05) is 24.9 Å². The van der Waals surface area contributed by atoms with Crippen LogP contribution in [0.15, 0.2) is 66.7 Å². The van der Waals surface area contributed by atoms with Gasteiger partial charge in [0.1, 0.15) is 17.4 Å². The van der Waals surface area contributed by atoms with Gasteiger partial charge in [0.2, 0.25) is 11.8 Å². The Labute approximate surface area is 314 Å². The van der Waals surface area contributed by atoms with Gasteiger partial charge in [-0.05, 0) is 79.1 Å². The van der Waals surface area contributed by atoms with Crippen molar-refractivity contribution in [2.24, 2.45) is 11.7 Å². The van der Waals surface area contributed by atoms with E-state index in [9.17, 15) is 28.8 Å². The van der Waals surface area contributed by atoms with E-state index < -0.39 is 47.4 Å². The number of aryl methyl sites for hydroxylation is 1. The molecule has 1 heterocycles. The maximum atomic E-state index is 14.6. The molecule has 54 heavy (non-hydrogen) atoms. The molecule has 3 aromatic rings. The van der Waals surface area contributed by atoms with Crippen molar-refractivity contribution in [3.8, 4) is 11.5 Å². The lowest BCUT2D eigenvalue weighted by Crippen LogP contribution is -2.54. The number of hydrogen-bond acceptors (Lipinski definition) is 8. The minimum atomic E-state index is -1.33. The molecule has 1 aliphatic carbocycles. The largest absolute Gasteiger partial charge is 0.493 e. The number of para-hydroxylation sites is 1. The Balaban J connectivity index is 1.40. The highest BCUT2D eigenvalue weighted by molar-refractivity contribution is 6.10. The topological polar surface area (TPSA) is 189 Å². The summed E-state index contributed by atoms with van der Waals surface area (Å²) in [4.78, 5) is 83.2. The van der Waals surface area contributed by atoms with E-state index in [4.69, 9.17) is 15.2 Å². The van der Waals surface area contributed by atoms with Crippen LogP contribution < -0.4 is 31.2 Å². The zero-order valence-electron chi connectivity index (χ0n) is 31.3. The van der Waals surface area contributed by atoms with Crippen LogP contribution >= 0.6 is 0 Å². The highest BCUT2D eigenvalue weighted by Crippen LogP contribution is 2.42. The second-order valence-corrected chi connectivity index (χ2v) is 14.2. The van der Waals surface area contributed by atoms with Gasteiger partial charge in [-0.15, -0.1) is 0 Å². The van der Waals surface area contributed by atoms with Crippen LogP contribution in [0, 0.1) is 12.8 Å². The first-order chi connectivity index (χ1) is 25.8. The summed E-state index contributed by atoms with van der Waals surface area (Å²) in [6.07, 6.45) is 0.363. The summed E-state index contributed by atoms with van der Waals surface area (Å²) in [5.74, 6) is -1.13. The van der Waals surface area contributed by atoms with Crippen molar-refractivity contribution in [1.29, 1.82) is 0 Å². The molecule has 1 unspecified atom stereocenters. The summed E-state index contributed by atoms with van der Waals surface area (Å²) in [6.45, 7) is 5.68. The molecule has 0 aromatic heterocycles. The van der Waals surface area contributed by atoms with E-state index in [1.165, 1.54) is 19.1 Å². The smallest absolute Gasteiger partial charge is 0.328 e. The minimum absolute atomic E-state index is 0.000592. The second-order valence-electron chi connectivity index (χ2n) is 14.2. The van der Waals surface area contributed by atoms with Gasteiger partial charge in [0.25, 0.3) is 5.91 Å². The van der Waals surface area contributed by atoms with Gasteiger partial charge in [-0.25, -0.2) is 14.5 Å². The van der Waals surface area contributed by atoms with E-state index in [1.807, 2.05) is 39.0 Å². The minimum Gasteiger partial charge on any atom is -0.493 e. The standard InChI is InChI=1S/C40H48N6O8/c1-24(2)20-32(36(49)43-31(22-35(41)48)27-12-15-33(53-4)34(21-27)54-5)46-37(50)40(18-16-29(47)17-19-40)45(39(46)52)23-26-10-13-28(14-11-26)42-38(51)44-30-9-7-6-8-25(30)3/h6-15,21,24,31-32H,16-20,22-23H2,1-5H3,(H2,41,48)(H,43,49)(H2,42,44,51)/t31?,32-/m0/s1. The zero-order chi connectivity index (χ0) is 39.2. The Hall–Kier alpha value is -5.92. The van der Waals surface area contributed by atoms with Gasteiger partial charge >= 0.3 is 12.1 Å². The van der Waals surface area contributed by atoms with E-state index >= 15 is 0 Å². The van der Waals surface area contributed by atoms with Gasteiger partial charge in [0, 0.05) is 30.8 Å². The summed E-state index contributed by atoms with van der Waals surface area (Å²) < 4.78 is 10.8. The fourth-order valence-corrected chi connectivity index (χ4v) is 7.10. The Morgan fingerprint density at radius 2 is 1.56 bits per heavy atom. The van der Waals surface area contributed by atoms with Crippen LogP contribution in [-0.2, 0) is 25.7 Å². The van der Waals surface area contributed by atoms with E-state index in [0.717, 1.165) is 10.5 Å². The Morgan fingerprint density at radius 3 is 2.17 bits per heavy atom. The summed E-state index contributed by atoms with van der Waals surface area (Å²) >= 11 is 0. The molecule has 14 nitrogen and oxygen atoms in total. The average molecular weight is 741 g/mol. The molecule has 7 amide bonds. The van der Waals surface area contributed by atoms with Crippen LogP contribution in [-0.4, -0.2) is 71.2 Å². The number of ether oxygens (including phenoxy) is 2. The highest BCUT2D eigenvalue weighted by atomic mass is 16.5. The van der Waals surface area contributed by atoms with Crippen molar-refractivity contribution in [3.05, 3.63) is 83.4 Å². The molecule has 1 saturated heterocycles. The molecule has 1 spiro atoms. The summed E-state index contributed by atoms with van der Waals surface area (Å²) in [7, 11) is 2.95. The van der Waals surface area contributed by atoms with Crippen LogP contribution in [0.25, 0.3) is 0 Å². The number of nitrogens with zero attached hydrogens (tertiary/aromatic N) is 2. The first kappa shape index (κ1) is 39.3. The van der Waals surface area contributed by atoms with E-state index in [1.54, 1.807) is 48.5 Å². The number of rotatable bonds is 14. The maximum Gasteiger partial charge on any atom is 0.328 e. The number of benzene rings is 3. The van der Waals surface area contributed by atoms with Crippen molar-refractivity contribution in [2.45, 2.75) is 83.5 Å². The van der Waals surface area contributed by atoms with Gasteiger partial charge < -0.3 is 36.1 Å². The van der Waals surface area contributed by atoms with Crippen molar-refractivity contribution >= 4 is 46.9 Å². The number of ketones is 1. The van der Waals surface area contributed by atoms with Crippen LogP contribution in [0.2, 0.25) is 0 Å².